The predicted octanol–water partition coefficient (Wildman–Crippen LogP) is 2.54. The van der Waals surface area contributed by atoms with E-state index in [0.29, 0.717) is 6.61 Å². The fraction of sp³-hybridized carbons (Fsp3) is 0.600. The average Bonchev–Trinajstić information content (AvgIpc) is 2.38. The zero-order valence-electron chi connectivity index (χ0n) is 12.7. The quantitative estimate of drug-likeness (QED) is 0.840. The second-order valence-electron chi connectivity index (χ2n) is 5.39. The molecule has 0 aliphatic carbocycles. The lowest BCUT2D eigenvalue weighted by Crippen LogP contribution is -2.31. The summed E-state index contributed by atoms with van der Waals surface area (Å²) in [4.78, 5) is 0. The van der Waals surface area contributed by atoms with Crippen molar-refractivity contribution in [1.82, 2.24) is 0 Å². The van der Waals surface area contributed by atoms with Crippen LogP contribution in [0.15, 0.2) is 24.3 Å². The Labute approximate surface area is 122 Å². The molecule has 0 bridgehead atoms. The van der Waals surface area contributed by atoms with Crippen molar-refractivity contribution in [3.8, 4) is 5.75 Å². The summed E-state index contributed by atoms with van der Waals surface area (Å²) in [6.45, 7) is 8.07. The Hall–Kier alpha value is -1.07. The molecule has 5 heteroatoms. The molecule has 0 aliphatic heterocycles. The standard InChI is InChI=1S/C15H25NO3S/c1-5-19-14-8-6-13(7-9-14)15(16)10-20(17,18)12(4)11(2)3/h6-9,11-12,15H,5,10,16H2,1-4H3. The number of rotatable bonds is 7. The summed E-state index contributed by atoms with van der Waals surface area (Å²) in [7, 11) is -3.18. The van der Waals surface area contributed by atoms with Gasteiger partial charge in [0.1, 0.15) is 5.75 Å². The first kappa shape index (κ1) is 17.0. The first-order valence-corrected chi connectivity index (χ1v) is 8.69. The molecule has 0 aromatic heterocycles. The maximum atomic E-state index is 12.2. The number of benzene rings is 1. The molecule has 0 saturated carbocycles. The summed E-state index contributed by atoms with van der Waals surface area (Å²) in [5, 5.41) is -0.378. The lowest BCUT2D eigenvalue weighted by molar-refractivity contribution is 0.340. The molecule has 2 N–H and O–H groups in total. The van der Waals surface area contributed by atoms with E-state index in [1.165, 1.54) is 0 Å². The SMILES string of the molecule is CCOc1ccc(C(N)CS(=O)(=O)C(C)C(C)C)cc1. The molecule has 1 aromatic rings. The Morgan fingerprint density at radius 3 is 2.15 bits per heavy atom. The van der Waals surface area contributed by atoms with Crippen LogP contribution in [0.25, 0.3) is 0 Å². The highest BCUT2D eigenvalue weighted by Gasteiger charge is 2.26. The molecule has 0 amide bonds. The third kappa shape index (κ3) is 4.49. The molecule has 0 radical (unpaired) electrons. The summed E-state index contributed by atoms with van der Waals surface area (Å²) in [5.74, 6) is 0.828. The van der Waals surface area contributed by atoms with Gasteiger partial charge in [0.05, 0.1) is 17.6 Å². The average molecular weight is 299 g/mol. The van der Waals surface area contributed by atoms with E-state index in [1.54, 1.807) is 6.92 Å². The van der Waals surface area contributed by atoms with Crippen molar-refractivity contribution >= 4 is 9.84 Å². The van der Waals surface area contributed by atoms with Crippen LogP contribution < -0.4 is 10.5 Å². The Morgan fingerprint density at radius 2 is 1.70 bits per heavy atom. The summed E-state index contributed by atoms with van der Waals surface area (Å²) in [5.41, 5.74) is 6.84. The molecule has 114 valence electrons. The van der Waals surface area contributed by atoms with Crippen LogP contribution in [0.3, 0.4) is 0 Å². The topological polar surface area (TPSA) is 69.4 Å². The summed E-state index contributed by atoms with van der Waals surface area (Å²) in [6.07, 6.45) is 0. The lowest BCUT2D eigenvalue weighted by atomic mass is 10.1. The highest BCUT2D eigenvalue weighted by atomic mass is 32.2. The fourth-order valence-electron chi connectivity index (χ4n) is 1.89. The molecule has 0 heterocycles. The van der Waals surface area contributed by atoms with E-state index in [4.69, 9.17) is 10.5 Å². The molecule has 0 saturated heterocycles. The maximum absolute atomic E-state index is 12.2. The van der Waals surface area contributed by atoms with Crippen LogP contribution in [0.1, 0.15) is 39.3 Å². The Kier molecular flexibility index (Phi) is 6.02. The first-order chi connectivity index (χ1) is 9.27. The van der Waals surface area contributed by atoms with Crippen LogP contribution in [0.4, 0.5) is 0 Å². The third-order valence-electron chi connectivity index (χ3n) is 3.54. The zero-order chi connectivity index (χ0) is 15.3. The largest absolute Gasteiger partial charge is 0.494 e. The van der Waals surface area contributed by atoms with Crippen LogP contribution in [-0.2, 0) is 9.84 Å². The van der Waals surface area contributed by atoms with Gasteiger partial charge in [0.25, 0.3) is 0 Å². The van der Waals surface area contributed by atoms with Gasteiger partial charge in [-0.3, -0.25) is 0 Å². The molecule has 0 aliphatic rings. The third-order valence-corrected chi connectivity index (χ3v) is 6.04. The van der Waals surface area contributed by atoms with Crippen molar-refractivity contribution in [2.45, 2.75) is 39.0 Å². The van der Waals surface area contributed by atoms with Crippen LogP contribution >= 0.6 is 0 Å². The number of ether oxygens (including phenoxy) is 1. The van der Waals surface area contributed by atoms with Crippen molar-refractivity contribution in [1.29, 1.82) is 0 Å². The van der Waals surface area contributed by atoms with Gasteiger partial charge in [0.15, 0.2) is 9.84 Å². The van der Waals surface area contributed by atoms with Crippen LogP contribution in [0, 0.1) is 5.92 Å². The van der Waals surface area contributed by atoms with Gasteiger partial charge in [-0.05, 0) is 37.5 Å². The molecule has 2 unspecified atom stereocenters. The van der Waals surface area contributed by atoms with Gasteiger partial charge in [-0.1, -0.05) is 26.0 Å². The van der Waals surface area contributed by atoms with E-state index in [1.807, 2.05) is 45.0 Å². The molecule has 0 fully saturated rings. The van der Waals surface area contributed by atoms with E-state index in [2.05, 4.69) is 0 Å². The van der Waals surface area contributed by atoms with Crippen molar-refractivity contribution in [3.05, 3.63) is 29.8 Å². The Balaban J connectivity index is 2.78. The molecule has 1 aromatic carbocycles. The number of hydrogen-bond donors (Lipinski definition) is 1. The van der Waals surface area contributed by atoms with Gasteiger partial charge >= 0.3 is 0 Å². The van der Waals surface area contributed by atoms with E-state index >= 15 is 0 Å². The summed E-state index contributed by atoms with van der Waals surface area (Å²) < 4.78 is 29.8. The summed E-state index contributed by atoms with van der Waals surface area (Å²) >= 11 is 0. The number of sulfone groups is 1. The van der Waals surface area contributed by atoms with Crippen LogP contribution in [0.5, 0.6) is 5.75 Å². The van der Waals surface area contributed by atoms with Crippen molar-refractivity contribution in [2.75, 3.05) is 12.4 Å². The van der Waals surface area contributed by atoms with Gasteiger partial charge in [-0.25, -0.2) is 8.42 Å². The monoisotopic (exact) mass is 299 g/mol. The number of nitrogens with two attached hydrogens (primary N) is 1. The molecular weight excluding hydrogens is 274 g/mol. The second kappa shape index (κ2) is 7.09. The zero-order valence-corrected chi connectivity index (χ0v) is 13.5. The van der Waals surface area contributed by atoms with Gasteiger partial charge in [-0.2, -0.15) is 0 Å². The number of hydrogen-bond acceptors (Lipinski definition) is 4. The van der Waals surface area contributed by atoms with Crippen molar-refractivity contribution in [2.24, 2.45) is 11.7 Å². The van der Waals surface area contributed by atoms with Gasteiger partial charge in [0, 0.05) is 6.04 Å². The Bertz CT molecular complexity index is 508. The molecule has 2 atom stereocenters. The van der Waals surface area contributed by atoms with Gasteiger partial charge in [-0.15, -0.1) is 0 Å². The molecule has 4 nitrogen and oxygen atoms in total. The van der Waals surface area contributed by atoms with Crippen molar-refractivity contribution < 1.29 is 13.2 Å². The minimum atomic E-state index is -3.18. The molecular formula is C15H25NO3S. The second-order valence-corrected chi connectivity index (χ2v) is 7.79. The molecule has 1 rings (SSSR count). The minimum Gasteiger partial charge on any atom is -0.494 e. The van der Waals surface area contributed by atoms with Crippen LogP contribution in [0.2, 0.25) is 0 Å². The smallest absolute Gasteiger partial charge is 0.155 e. The van der Waals surface area contributed by atoms with Gasteiger partial charge < -0.3 is 10.5 Å². The Morgan fingerprint density at radius 1 is 1.15 bits per heavy atom. The normalized spacial score (nSPS) is 15.1. The van der Waals surface area contributed by atoms with Crippen molar-refractivity contribution in [3.63, 3.8) is 0 Å². The maximum Gasteiger partial charge on any atom is 0.155 e. The van der Waals surface area contributed by atoms with Crippen LogP contribution in [-0.4, -0.2) is 26.0 Å². The van der Waals surface area contributed by atoms with E-state index < -0.39 is 15.9 Å². The first-order valence-electron chi connectivity index (χ1n) is 6.97. The highest BCUT2D eigenvalue weighted by Crippen LogP contribution is 2.21. The fourth-order valence-corrected chi connectivity index (χ4v) is 3.72. The van der Waals surface area contributed by atoms with Gasteiger partial charge in [0.2, 0.25) is 0 Å². The predicted molar refractivity (Wildman–Crippen MR) is 82.6 cm³/mol. The van der Waals surface area contributed by atoms with E-state index in [0.717, 1.165) is 11.3 Å². The minimum absolute atomic E-state index is 0.0275. The van der Waals surface area contributed by atoms with E-state index in [9.17, 15) is 8.42 Å². The molecule has 20 heavy (non-hydrogen) atoms. The summed E-state index contributed by atoms with van der Waals surface area (Å²) in [6, 6.07) is 6.78. The van der Waals surface area contributed by atoms with E-state index in [-0.39, 0.29) is 16.9 Å². The highest BCUT2D eigenvalue weighted by molar-refractivity contribution is 7.92. The molecule has 0 spiro atoms. The lowest BCUT2D eigenvalue weighted by Gasteiger charge is -2.19.